The zero-order valence-electron chi connectivity index (χ0n) is 13.4. The lowest BCUT2D eigenvalue weighted by atomic mass is 10.0. The van der Waals surface area contributed by atoms with Crippen LogP contribution in [0.2, 0.25) is 0 Å². The molecule has 1 aromatic carbocycles. The third kappa shape index (κ3) is 3.45. The molecule has 1 heterocycles. The molecule has 0 amide bonds. The summed E-state index contributed by atoms with van der Waals surface area (Å²) in [5.74, 6) is 0.898. The van der Waals surface area contributed by atoms with Crippen LogP contribution in [0.3, 0.4) is 0 Å². The molecule has 0 saturated carbocycles. The summed E-state index contributed by atoms with van der Waals surface area (Å²) in [5.41, 5.74) is 11.0. The van der Waals surface area contributed by atoms with Gasteiger partial charge in [0.15, 0.2) is 0 Å². The van der Waals surface area contributed by atoms with Gasteiger partial charge in [-0.05, 0) is 44.4 Å². The number of rotatable bonds is 6. The Bertz CT molecular complexity index is 604. The van der Waals surface area contributed by atoms with Gasteiger partial charge in [-0.15, -0.1) is 0 Å². The monoisotopic (exact) mass is 287 g/mol. The van der Waals surface area contributed by atoms with Gasteiger partial charge < -0.3 is 10.5 Å². The predicted molar refractivity (Wildman–Crippen MR) is 85.6 cm³/mol. The second kappa shape index (κ2) is 6.76. The first-order valence-electron chi connectivity index (χ1n) is 7.54. The summed E-state index contributed by atoms with van der Waals surface area (Å²) in [5, 5.41) is 4.58. The van der Waals surface area contributed by atoms with Gasteiger partial charge in [0.25, 0.3) is 0 Å². The number of benzene rings is 1. The van der Waals surface area contributed by atoms with E-state index in [9.17, 15) is 0 Å². The summed E-state index contributed by atoms with van der Waals surface area (Å²) in [6.07, 6.45) is 1.68. The molecule has 0 radical (unpaired) electrons. The van der Waals surface area contributed by atoms with Crippen molar-refractivity contribution in [2.24, 2.45) is 5.73 Å². The van der Waals surface area contributed by atoms with Crippen molar-refractivity contribution < 1.29 is 4.74 Å². The maximum atomic E-state index is 6.43. The van der Waals surface area contributed by atoms with Gasteiger partial charge in [0.2, 0.25) is 0 Å². The minimum absolute atomic E-state index is 0.0755. The molecule has 0 aliphatic heterocycles. The van der Waals surface area contributed by atoms with E-state index in [0.717, 1.165) is 42.1 Å². The fraction of sp³-hybridized carbons (Fsp3) is 0.471. The third-order valence-corrected chi connectivity index (χ3v) is 3.78. The van der Waals surface area contributed by atoms with E-state index in [1.807, 2.05) is 10.7 Å². The molecule has 0 saturated heterocycles. The van der Waals surface area contributed by atoms with Crippen LogP contribution < -0.4 is 10.5 Å². The fourth-order valence-corrected chi connectivity index (χ4v) is 2.62. The summed E-state index contributed by atoms with van der Waals surface area (Å²) >= 11 is 0. The van der Waals surface area contributed by atoms with E-state index in [-0.39, 0.29) is 6.04 Å². The summed E-state index contributed by atoms with van der Waals surface area (Å²) in [6.45, 7) is 7.13. The zero-order valence-corrected chi connectivity index (χ0v) is 13.4. The van der Waals surface area contributed by atoms with Gasteiger partial charge in [-0.25, -0.2) is 0 Å². The minimum Gasteiger partial charge on any atom is -0.496 e. The number of nitrogens with zero attached hydrogens (tertiary/aromatic N) is 2. The molecule has 0 aliphatic carbocycles. The lowest BCUT2D eigenvalue weighted by Crippen LogP contribution is -2.18. The molecule has 21 heavy (non-hydrogen) atoms. The largest absolute Gasteiger partial charge is 0.496 e. The summed E-state index contributed by atoms with van der Waals surface area (Å²) in [6, 6.07) is 8.25. The lowest BCUT2D eigenvalue weighted by Gasteiger charge is -2.16. The molecule has 0 aliphatic rings. The van der Waals surface area contributed by atoms with Crippen LogP contribution in [0.5, 0.6) is 5.75 Å². The van der Waals surface area contributed by atoms with Gasteiger partial charge in [-0.2, -0.15) is 5.10 Å². The van der Waals surface area contributed by atoms with E-state index >= 15 is 0 Å². The Morgan fingerprint density at radius 1 is 1.29 bits per heavy atom. The SMILES string of the molecule is CCc1cc(C(N)Cc2cc(C)ccc2OC)n(CC)n1. The summed E-state index contributed by atoms with van der Waals surface area (Å²) in [4.78, 5) is 0. The quantitative estimate of drug-likeness (QED) is 0.888. The van der Waals surface area contributed by atoms with Crippen LogP contribution in [0.15, 0.2) is 24.3 Å². The molecule has 1 aromatic heterocycles. The highest BCUT2D eigenvalue weighted by Crippen LogP contribution is 2.25. The number of nitrogens with two attached hydrogens (primary N) is 1. The number of ether oxygens (including phenoxy) is 1. The number of aryl methyl sites for hydroxylation is 3. The molecule has 2 aromatic rings. The van der Waals surface area contributed by atoms with Crippen molar-refractivity contribution in [2.45, 2.75) is 46.2 Å². The van der Waals surface area contributed by atoms with Crippen LogP contribution in [-0.4, -0.2) is 16.9 Å². The van der Waals surface area contributed by atoms with E-state index in [1.54, 1.807) is 7.11 Å². The zero-order chi connectivity index (χ0) is 15.4. The van der Waals surface area contributed by atoms with Gasteiger partial charge in [0.1, 0.15) is 5.75 Å². The van der Waals surface area contributed by atoms with Gasteiger partial charge in [0, 0.05) is 6.54 Å². The molecule has 4 heteroatoms. The first-order valence-corrected chi connectivity index (χ1v) is 7.54. The molecule has 1 unspecified atom stereocenters. The average molecular weight is 287 g/mol. The second-order valence-electron chi connectivity index (χ2n) is 5.36. The van der Waals surface area contributed by atoms with Crippen molar-refractivity contribution in [1.29, 1.82) is 0 Å². The van der Waals surface area contributed by atoms with E-state index in [1.165, 1.54) is 5.56 Å². The maximum Gasteiger partial charge on any atom is 0.122 e. The van der Waals surface area contributed by atoms with Gasteiger partial charge in [0.05, 0.1) is 24.5 Å². The van der Waals surface area contributed by atoms with Crippen LogP contribution in [0, 0.1) is 6.92 Å². The molecule has 114 valence electrons. The number of aromatic nitrogens is 2. The Morgan fingerprint density at radius 2 is 2.05 bits per heavy atom. The first kappa shape index (κ1) is 15.6. The molecule has 0 bridgehead atoms. The highest BCUT2D eigenvalue weighted by atomic mass is 16.5. The van der Waals surface area contributed by atoms with Gasteiger partial charge in [-0.1, -0.05) is 24.6 Å². The molecule has 1 atom stereocenters. The van der Waals surface area contributed by atoms with Crippen molar-refractivity contribution in [3.8, 4) is 5.75 Å². The predicted octanol–water partition coefficient (Wildman–Crippen LogP) is 3.02. The smallest absolute Gasteiger partial charge is 0.122 e. The first-order chi connectivity index (χ1) is 10.1. The van der Waals surface area contributed by atoms with Crippen molar-refractivity contribution in [3.63, 3.8) is 0 Å². The van der Waals surface area contributed by atoms with Crippen LogP contribution in [0.1, 0.15) is 42.4 Å². The van der Waals surface area contributed by atoms with Crippen molar-refractivity contribution in [2.75, 3.05) is 7.11 Å². The summed E-state index contributed by atoms with van der Waals surface area (Å²) < 4.78 is 7.45. The Balaban J connectivity index is 2.27. The maximum absolute atomic E-state index is 6.43. The average Bonchev–Trinajstić information content (AvgIpc) is 2.91. The standard InChI is InChI=1S/C17H25N3O/c1-5-14-11-16(20(6-2)19-14)15(18)10-13-9-12(3)7-8-17(13)21-4/h7-9,11,15H,5-6,10,18H2,1-4H3. The van der Waals surface area contributed by atoms with Crippen molar-refractivity contribution in [1.82, 2.24) is 9.78 Å². The molecule has 2 N–H and O–H groups in total. The molecule has 0 fully saturated rings. The van der Waals surface area contributed by atoms with Crippen LogP contribution >= 0.6 is 0 Å². The van der Waals surface area contributed by atoms with E-state index in [2.05, 4.69) is 44.1 Å². The topological polar surface area (TPSA) is 53.1 Å². The Morgan fingerprint density at radius 3 is 2.67 bits per heavy atom. The summed E-state index contributed by atoms with van der Waals surface area (Å²) in [7, 11) is 1.70. The van der Waals surface area contributed by atoms with E-state index < -0.39 is 0 Å². The fourth-order valence-electron chi connectivity index (χ4n) is 2.62. The van der Waals surface area contributed by atoms with Gasteiger partial charge in [-0.3, -0.25) is 4.68 Å². The molecule has 2 rings (SSSR count). The Kier molecular flexibility index (Phi) is 5.02. The molecule has 0 spiro atoms. The highest BCUT2D eigenvalue weighted by Gasteiger charge is 2.16. The van der Waals surface area contributed by atoms with E-state index in [0.29, 0.717) is 0 Å². The second-order valence-corrected chi connectivity index (χ2v) is 5.36. The number of methoxy groups -OCH3 is 1. The van der Waals surface area contributed by atoms with Crippen LogP contribution in [0.4, 0.5) is 0 Å². The Labute approximate surface area is 126 Å². The van der Waals surface area contributed by atoms with Crippen LogP contribution in [0.25, 0.3) is 0 Å². The lowest BCUT2D eigenvalue weighted by molar-refractivity contribution is 0.407. The number of hydrogen-bond donors (Lipinski definition) is 1. The van der Waals surface area contributed by atoms with Crippen LogP contribution in [-0.2, 0) is 19.4 Å². The molecular formula is C17H25N3O. The Hall–Kier alpha value is -1.81. The van der Waals surface area contributed by atoms with Gasteiger partial charge >= 0.3 is 0 Å². The molecular weight excluding hydrogens is 262 g/mol. The highest BCUT2D eigenvalue weighted by molar-refractivity contribution is 5.38. The molecule has 4 nitrogen and oxygen atoms in total. The van der Waals surface area contributed by atoms with Crippen molar-refractivity contribution in [3.05, 3.63) is 46.8 Å². The van der Waals surface area contributed by atoms with E-state index in [4.69, 9.17) is 10.5 Å². The minimum atomic E-state index is -0.0755. The normalized spacial score (nSPS) is 12.4. The van der Waals surface area contributed by atoms with Crippen molar-refractivity contribution >= 4 is 0 Å². The third-order valence-electron chi connectivity index (χ3n) is 3.78. The number of hydrogen-bond acceptors (Lipinski definition) is 3.